The van der Waals surface area contributed by atoms with Crippen LogP contribution in [0.1, 0.15) is 24.5 Å². The Bertz CT molecular complexity index is 950. The first-order chi connectivity index (χ1) is 11.7. The summed E-state index contributed by atoms with van der Waals surface area (Å²) in [6.45, 7) is 1.68. The maximum Gasteiger partial charge on any atom is 0.183 e. The van der Waals surface area contributed by atoms with Crippen molar-refractivity contribution in [2.24, 2.45) is 0 Å². The molecule has 128 valence electrons. The van der Waals surface area contributed by atoms with Gasteiger partial charge in [0.05, 0.1) is 17.5 Å². The summed E-state index contributed by atoms with van der Waals surface area (Å²) >= 11 is 18.0. The lowest BCUT2D eigenvalue weighted by atomic mass is 9.88. The molecule has 3 N–H and O–H groups in total. The molecule has 25 heavy (non-hydrogen) atoms. The van der Waals surface area contributed by atoms with E-state index >= 15 is 0 Å². The van der Waals surface area contributed by atoms with Gasteiger partial charge in [0.1, 0.15) is 5.15 Å². The molecule has 0 radical (unpaired) electrons. The highest BCUT2D eigenvalue weighted by Crippen LogP contribution is 2.31. The first kappa shape index (κ1) is 18.2. The summed E-state index contributed by atoms with van der Waals surface area (Å²) in [7, 11) is 0. The Morgan fingerprint density at radius 3 is 2.40 bits per heavy atom. The van der Waals surface area contributed by atoms with Crippen molar-refractivity contribution in [1.82, 2.24) is 4.98 Å². The highest BCUT2D eigenvalue weighted by Gasteiger charge is 2.28. The van der Waals surface area contributed by atoms with Crippen LogP contribution in [-0.4, -0.2) is 15.8 Å². The number of hydrogen-bond donors (Lipinski definition) is 2. The van der Waals surface area contributed by atoms with Gasteiger partial charge in [-0.25, -0.2) is 4.98 Å². The van der Waals surface area contributed by atoms with Crippen molar-refractivity contribution in [2.45, 2.75) is 18.9 Å². The van der Waals surface area contributed by atoms with Gasteiger partial charge in [0.25, 0.3) is 0 Å². The number of fused-ring (bicyclic) bond motifs is 1. The summed E-state index contributed by atoms with van der Waals surface area (Å²) in [4.78, 5) is 4.25. The molecule has 0 aliphatic rings. The SMILES string of the molecule is CC(O)(CC(=[NH2+])c1ccc2nc(Cl)ccc2c1)c1cc(Cl)cc(Cl)c1. The zero-order valence-electron chi connectivity index (χ0n) is 13.4. The van der Waals surface area contributed by atoms with Crippen LogP contribution in [0, 0.1) is 0 Å². The molecule has 3 aromatic rings. The molecule has 1 heterocycles. The largest absolute Gasteiger partial charge is 0.385 e. The quantitative estimate of drug-likeness (QED) is 0.518. The Morgan fingerprint density at radius 1 is 1.04 bits per heavy atom. The van der Waals surface area contributed by atoms with Gasteiger partial charge < -0.3 is 5.11 Å². The van der Waals surface area contributed by atoms with E-state index in [1.807, 2.05) is 24.3 Å². The van der Waals surface area contributed by atoms with E-state index < -0.39 is 5.60 Å². The van der Waals surface area contributed by atoms with Crippen molar-refractivity contribution in [3.63, 3.8) is 0 Å². The van der Waals surface area contributed by atoms with E-state index in [4.69, 9.17) is 40.2 Å². The van der Waals surface area contributed by atoms with Crippen molar-refractivity contribution < 1.29 is 10.5 Å². The topological polar surface area (TPSA) is 58.7 Å². The van der Waals surface area contributed by atoms with Crippen LogP contribution in [0.2, 0.25) is 15.2 Å². The molecule has 0 aliphatic heterocycles. The molecule has 0 spiro atoms. The molecule has 0 saturated heterocycles. The molecule has 1 aromatic heterocycles. The molecule has 0 fully saturated rings. The summed E-state index contributed by atoms with van der Waals surface area (Å²) in [5.74, 6) is 0. The summed E-state index contributed by atoms with van der Waals surface area (Å²) in [5, 5.41) is 19.4. The fourth-order valence-corrected chi connectivity index (χ4v) is 3.42. The van der Waals surface area contributed by atoms with Crippen molar-refractivity contribution >= 4 is 51.4 Å². The minimum Gasteiger partial charge on any atom is -0.385 e. The van der Waals surface area contributed by atoms with Crippen LogP contribution in [0.15, 0.2) is 48.5 Å². The molecule has 3 rings (SSSR count). The van der Waals surface area contributed by atoms with Crippen LogP contribution in [0.3, 0.4) is 0 Å². The predicted molar refractivity (Wildman–Crippen MR) is 103 cm³/mol. The summed E-state index contributed by atoms with van der Waals surface area (Å²) in [5.41, 5.74) is 1.58. The number of aromatic nitrogens is 1. The highest BCUT2D eigenvalue weighted by molar-refractivity contribution is 6.34. The number of nitrogens with zero attached hydrogens (tertiary/aromatic N) is 1. The fourth-order valence-electron chi connectivity index (χ4n) is 2.74. The molecule has 6 heteroatoms. The molecule has 2 aromatic carbocycles. The number of rotatable bonds is 4. The number of benzene rings is 2. The average molecular weight is 395 g/mol. The van der Waals surface area contributed by atoms with Crippen molar-refractivity contribution in [2.75, 3.05) is 0 Å². The second-order valence-corrected chi connectivity index (χ2v) is 7.44. The lowest BCUT2D eigenvalue weighted by Gasteiger charge is -2.23. The number of hydrogen-bond acceptors (Lipinski definition) is 2. The fraction of sp³-hybridized carbons (Fsp3) is 0.158. The van der Waals surface area contributed by atoms with Gasteiger partial charge in [-0.1, -0.05) is 34.8 Å². The predicted octanol–water partition coefficient (Wildman–Crippen LogP) is 4.04. The molecule has 1 unspecified atom stereocenters. The van der Waals surface area contributed by atoms with Gasteiger partial charge in [-0.15, -0.1) is 0 Å². The Hall–Kier alpha value is -1.65. The van der Waals surface area contributed by atoms with Gasteiger partial charge in [0, 0.05) is 21.0 Å². The Kier molecular flexibility index (Phi) is 5.03. The van der Waals surface area contributed by atoms with Crippen molar-refractivity contribution in [3.8, 4) is 0 Å². The summed E-state index contributed by atoms with van der Waals surface area (Å²) in [6.07, 6.45) is 0.232. The zero-order valence-corrected chi connectivity index (χ0v) is 15.7. The van der Waals surface area contributed by atoms with Gasteiger partial charge in [0.2, 0.25) is 0 Å². The third kappa shape index (κ3) is 4.13. The van der Waals surface area contributed by atoms with Crippen LogP contribution in [0.4, 0.5) is 0 Å². The van der Waals surface area contributed by atoms with E-state index in [9.17, 15) is 5.11 Å². The first-order valence-electron chi connectivity index (χ1n) is 7.61. The third-order valence-corrected chi connectivity index (χ3v) is 4.69. The van der Waals surface area contributed by atoms with E-state index in [0.29, 0.717) is 26.5 Å². The number of pyridine rings is 1. The average Bonchev–Trinajstić information content (AvgIpc) is 2.53. The Morgan fingerprint density at radius 2 is 1.72 bits per heavy atom. The number of halogens is 3. The second-order valence-electron chi connectivity index (χ2n) is 6.18. The molecule has 0 bridgehead atoms. The van der Waals surface area contributed by atoms with Crippen LogP contribution >= 0.6 is 34.8 Å². The molecule has 1 atom stereocenters. The number of aliphatic hydroxyl groups is 1. The Balaban J connectivity index is 1.89. The first-order valence-corrected chi connectivity index (χ1v) is 8.75. The minimum absolute atomic E-state index is 0.232. The third-order valence-electron chi connectivity index (χ3n) is 4.05. The molecular weight excluding hydrogens is 379 g/mol. The number of nitrogens with two attached hydrogens (primary N) is 1. The van der Waals surface area contributed by atoms with Gasteiger partial charge in [-0.05, 0) is 61.0 Å². The molecular formula is C19H16Cl3N2O+. The highest BCUT2D eigenvalue weighted by atomic mass is 35.5. The lowest BCUT2D eigenvalue weighted by molar-refractivity contribution is -0.119. The summed E-state index contributed by atoms with van der Waals surface area (Å²) < 4.78 is 0. The maximum atomic E-state index is 10.9. The van der Waals surface area contributed by atoms with E-state index in [1.165, 1.54) is 0 Å². The minimum atomic E-state index is -1.20. The molecule has 0 saturated carbocycles. The van der Waals surface area contributed by atoms with Crippen molar-refractivity contribution in [1.29, 1.82) is 0 Å². The maximum absolute atomic E-state index is 10.9. The molecule has 3 nitrogen and oxygen atoms in total. The van der Waals surface area contributed by atoms with Crippen LogP contribution < -0.4 is 5.41 Å². The van der Waals surface area contributed by atoms with E-state index in [-0.39, 0.29) is 6.42 Å². The second kappa shape index (κ2) is 6.93. The van der Waals surface area contributed by atoms with Gasteiger partial charge in [-0.3, -0.25) is 5.41 Å². The van der Waals surface area contributed by atoms with Crippen LogP contribution in [0.5, 0.6) is 0 Å². The smallest absolute Gasteiger partial charge is 0.183 e. The van der Waals surface area contributed by atoms with Crippen LogP contribution in [0.25, 0.3) is 10.9 Å². The Labute approximate surface area is 160 Å². The van der Waals surface area contributed by atoms with Gasteiger partial charge in [0.15, 0.2) is 5.71 Å². The van der Waals surface area contributed by atoms with E-state index in [1.54, 1.807) is 31.2 Å². The molecule has 0 aliphatic carbocycles. The van der Waals surface area contributed by atoms with Crippen molar-refractivity contribution in [3.05, 3.63) is 74.9 Å². The van der Waals surface area contributed by atoms with Gasteiger partial charge in [-0.2, -0.15) is 0 Å². The standard InChI is InChI=1S/C19H15Cl3N2O/c1-19(25,13-7-14(20)9-15(21)8-13)10-16(23)11-2-4-17-12(6-11)3-5-18(22)24-17/h2-9,23,25H,10H2,1H3/p+1. The summed E-state index contributed by atoms with van der Waals surface area (Å²) in [6, 6.07) is 14.3. The normalized spacial score (nSPS) is 13.6. The monoisotopic (exact) mass is 393 g/mol. The van der Waals surface area contributed by atoms with Crippen LogP contribution in [-0.2, 0) is 5.60 Å². The van der Waals surface area contributed by atoms with E-state index in [0.717, 1.165) is 16.5 Å². The van der Waals surface area contributed by atoms with Gasteiger partial charge >= 0.3 is 0 Å². The molecule has 0 amide bonds. The zero-order chi connectivity index (χ0) is 18.2. The van der Waals surface area contributed by atoms with E-state index in [2.05, 4.69) is 4.98 Å². The lowest BCUT2D eigenvalue weighted by Crippen LogP contribution is -2.44.